The van der Waals surface area contributed by atoms with Crippen LogP contribution in [0.25, 0.3) is 10.9 Å². The van der Waals surface area contributed by atoms with Crippen LogP contribution in [0.3, 0.4) is 0 Å². The zero-order chi connectivity index (χ0) is 51.3. The van der Waals surface area contributed by atoms with Gasteiger partial charge in [-0.25, -0.2) is 0 Å². The number of hydrogen-bond donors (Lipinski definition) is 3. The number of rotatable bonds is 16. The van der Waals surface area contributed by atoms with Crippen molar-refractivity contribution < 1.29 is 72.4 Å². The number of fused-ring (bicyclic) bond motifs is 1. The number of para-hydroxylation sites is 1. The van der Waals surface area contributed by atoms with Crippen LogP contribution in [0, 0.1) is 17.8 Å². The molecule has 0 saturated carbocycles. The van der Waals surface area contributed by atoms with Crippen molar-refractivity contribution in [2.45, 2.75) is 185 Å². The molecule has 2 aromatic rings. The summed E-state index contributed by atoms with van der Waals surface area (Å²) >= 11 is 0. The van der Waals surface area contributed by atoms with E-state index < -0.39 is 115 Å². The minimum Gasteiger partial charge on any atom is -0.466 e. The molecule has 3 fully saturated rings. The van der Waals surface area contributed by atoms with Crippen LogP contribution in [0.4, 0.5) is 0 Å². The van der Waals surface area contributed by atoms with Gasteiger partial charge in [0.1, 0.15) is 42.7 Å². The molecule has 16 atom stereocenters. The maximum atomic E-state index is 14.2. The lowest BCUT2D eigenvalue weighted by Crippen LogP contribution is -2.65. The molecular weight excluding hydrogens is 907 g/mol. The number of carbonyl (C=O) groups is 4. The number of nitrogens with zero attached hydrogens (tertiary/aromatic N) is 3. The second kappa shape index (κ2) is 26.8. The van der Waals surface area contributed by atoms with Gasteiger partial charge < -0.3 is 67.8 Å². The number of hydrogen-bond acceptors (Lipinski definition) is 18. The zero-order valence-electron chi connectivity index (χ0n) is 43.0. The molecule has 4 heterocycles. The number of likely N-dealkylation sites (N-methyl/N-ethyl adjacent to an activating group) is 2. The van der Waals surface area contributed by atoms with Crippen LogP contribution in [0.5, 0.6) is 0 Å². The van der Waals surface area contributed by atoms with Crippen molar-refractivity contribution in [1.29, 1.82) is 0 Å². The Morgan fingerprint density at radius 2 is 1.77 bits per heavy atom. The molecule has 5 rings (SSSR count). The summed E-state index contributed by atoms with van der Waals surface area (Å²) in [6.07, 6.45) is -5.56. The number of pyridine rings is 1. The number of methoxy groups -OCH3 is 1. The highest BCUT2D eigenvalue weighted by molar-refractivity contribution is 5.81. The van der Waals surface area contributed by atoms with Gasteiger partial charge in [0.25, 0.3) is 0 Å². The van der Waals surface area contributed by atoms with Gasteiger partial charge in [-0.3, -0.25) is 19.4 Å². The maximum absolute atomic E-state index is 14.2. The quantitative estimate of drug-likeness (QED) is 0.121. The summed E-state index contributed by atoms with van der Waals surface area (Å²) in [5.74, 6) is -3.82. The van der Waals surface area contributed by atoms with Crippen molar-refractivity contribution in [3.8, 4) is 0 Å². The summed E-state index contributed by atoms with van der Waals surface area (Å²) in [5.41, 5.74) is 0.513. The minimum absolute atomic E-state index is 0.00933. The average molecular weight is 988 g/mol. The molecule has 3 N–H and O–H groups in total. The van der Waals surface area contributed by atoms with E-state index in [2.05, 4.69) is 11.1 Å². The first kappa shape index (κ1) is 57.2. The number of β-amino-alcohol motifs (C(OH)–C–C–N with tert-alkyl or cyclic N) is 1. The Morgan fingerprint density at radius 1 is 1.03 bits per heavy atom. The third-order valence-corrected chi connectivity index (χ3v) is 14.3. The fourth-order valence-corrected chi connectivity index (χ4v) is 10.6. The Labute approximate surface area is 413 Å². The van der Waals surface area contributed by atoms with Crippen LogP contribution in [-0.2, 0) is 63.5 Å². The number of aldehydes is 1. The second-order valence-corrected chi connectivity index (χ2v) is 20.0. The monoisotopic (exact) mass is 988 g/mol. The number of aromatic nitrogens is 1. The summed E-state index contributed by atoms with van der Waals surface area (Å²) in [7, 11) is 6.85. The van der Waals surface area contributed by atoms with Gasteiger partial charge in [0.2, 0.25) is 0 Å². The molecule has 3 saturated heterocycles. The Balaban J connectivity index is 1.44. The number of benzene rings is 1. The second-order valence-electron chi connectivity index (χ2n) is 20.0. The van der Waals surface area contributed by atoms with Crippen molar-refractivity contribution in [2.24, 2.45) is 17.8 Å². The van der Waals surface area contributed by atoms with Crippen molar-refractivity contribution in [2.75, 3.05) is 47.9 Å². The van der Waals surface area contributed by atoms with Crippen LogP contribution in [0.2, 0.25) is 0 Å². The first-order valence-electron chi connectivity index (χ1n) is 25.2. The highest BCUT2D eigenvalue weighted by atomic mass is 16.7. The molecule has 394 valence electrons. The summed E-state index contributed by atoms with van der Waals surface area (Å²) < 4.78 is 49.7. The molecule has 0 unspecified atom stereocenters. The molecule has 70 heavy (non-hydrogen) atoms. The molecule has 1 aromatic heterocycles. The maximum Gasteiger partial charge on any atom is 0.314 e. The number of aliphatic hydroxyl groups excluding tert-OH is 2. The van der Waals surface area contributed by atoms with Crippen LogP contribution in [0.15, 0.2) is 36.5 Å². The largest absolute Gasteiger partial charge is 0.466 e. The van der Waals surface area contributed by atoms with Crippen LogP contribution in [0.1, 0.15) is 105 Å². The first-order chi connectivity index (χ1) is 33.3. The Hall–Kier alpha value is -3.69. The predicted molar refractivity (Wildman–Crippen MR) is 258 cm³/mol. The van der Waals surface area contributed by atoms with Crippen molar-refractivity contribution >= 4 is 35.1 Å². The van der Waals surface area contributed by atoms with E-state index in [1.807, 2.05) is 43.1 Å². The molecule has 18 nitrogen and oxygen atoms in total. The van der Waals surface area contributed by atoms with Crippen LogP contribution < -0.4 is 0 Å². The van der Waals surface area contributed by atoms with Crippen molar-refractivity contribution in [3.05, 3.63) is 42.1 Å². The van der Waals surface area contributed by atoms with E-state index in [9.17, 15) is 34.5 Å². The lowest BCUT2D eigenvalue weighted by atomic mass is 9.80. The van der Waals surface area contributed by atoms with Gasteiger partial charge in [0.15, 0.2) is 12.6 Å². The molecule has 0 aliphatic carbocycles. The fourth-order valence-electron chi connectivity index (χ4n) is 10.6. The molecule has 0 radical (unpaired) electrons. The minimum atomic E-state index is -1.54. The normalized spacial score (nSPS) is 35.5. The summed E-state index contributed by atoms with van der Waals surface area (Å²) in [4.78, 5) is 61.2. The van der Waals surface area contributed by atoms with E-state index in [0.29, 0.717) is 32.4 Å². The Morgan fingerprint density at radius 3 is 2.44 bits per heavy atom. The van der Waals surface area contributed by atoms with E-state index in [1.54, 1.807) is 52.9 Å². The topological polar surface area (TPSA) is 222 Å². The van der Waals surface area contributed by atoms with Crippen LogP contribution in [-0.4, -0.2) is 181 Å². The molecule has 18 heteroatoms. The van der Waals surface area contributed by atoms with E-state index in [1.165, 1.54) is 14.0 Å². The number of esters is 3. The smallest absolute Gasteiger partial charge is 0.314 e. The van der Waals surface area contributed by atoms with Gasteiger partial charge in [0, 0.05) is 44.5 Å². The van der Waals surface area contributed by atoms with Gasteiger partial charge >= 0.3 is 17.9 Å². The number of ether oxygens (including phenoxy) is 8. The molecule has 1 aromatic carbocycles. The predicted octanol–water partition coefficient (Wildman–Crippen LogP) is 4.39. The summed E-state index contributed by atoms with van der Waals surface area (Å²) in [6.45, 7) is 11.3. The van der Waals surface area contributed by atoms with E-state index in [0.717, 1.165) is 35.6 Å². The zero-order valence-corrected chi connectivity index (χ0v) is 43.0. The Bertz CT molecular complexity index is 1970. The van der Waals surface area contributed by atoms with Crippen molar-refractivity contribution in [1.82, 2.24) is 14.8 Å². The number of aryl methyl sites for hydroxylation is 1. The van der Waals surface area contributed by atoms with Crippen molar-refractivity contribution in [3.63, 3.8) is 0 Å². The van der Waals surface area contributed by atoms with Gasteiger partial charge in [0.05, 0.1) is 54.6 Å². The molecule has 0 bridgehead atoms. The molecule has 0 amide bonds. The highest BCUT2D eigenvalue weighted by Gasteiger charge is 2.54. The van der Waals surface area contributed by atoms with Gasteiger partial charge in [-0.15, -0.1) is 0 Å². The lowest BCUT2D eigenvalue weighted by molar-refractivity contribution is -0.340. The molecule has 3 aliphatic rings. The third-order valence-electron chi connectivity index (χ3n) is 14.3. The first-order valence-corrected chi connectivity index (χ1v) is 25.2. The fraction of sp³-hybridized carbons (Fsp3) is 0.750. The van der Waals surface area contributed by atoms with Gasteiger partial charge in [-0.2, -0.15) is 0 Å². The number of cyclic esters (lactones) is 1. The Kier molecular flexibility index (Phi) is 21.9. The highest BCUT2D eigenvalue weighted by Crippen LogP contribution is 2.39. The van der Waals surface area contributed by atoms with Gasteiger partial charge in [-0.05, 0) is 123 Å². The number of aliphatic hydroxyl groups is 3. The lowest BCUT2D eigenvalue weighted by Gasteiger charge is -2.50. The standard InChI is InChI=1S/C52H81N3O15/c1-11-41(58)68-40-28-42(59)67-36(18-15-17-34-22-24-53-38-21-14-13-20-37(34)38)19-16-25-55(9)30-39(57)31(3)27-35(23-26-56)48(49(40)63-10)70-51-46(60)45(54(7)8)47(33(5)66-51)69-43-29-52(6,62)44(32(4)65-43)50(61)64-12-2/h13-14,20-22,24,26,31-33,35-36,39-40,43-49,51,57,60,62H,11-12,15-19,23,25,27-30H2,1-10H3/t31-,32+,33-,35+,36+,39+,40-,43+,44-,45-,46-,47-,48+,49+,51+,52-/m1/s1. The van der Waals surface area contributed by atoms with E-state index >= 15 is 0 Å². The molecular formula is C52H81N3O15. The summed E-state index contributed by atoms with van der Waals surface area (Å²) in [5, 5.41) is 36.5. The number of carbonyl (C=O) groups excluding carboxylic acids is 4. The molecule has 3 aliphatic heterocycles. The van der Waals surface area contributed by atoms with E-state index in [4.69, 9.17) is 37.9 Å². The van der Waals surface area contributed by atoms with E-state index in [-0.39, 0.29) is 38.2 Å². The SMILES string of the molecule is CCOC(=O)[C@H]1[C@H](C)O[C@@H](O[C@H]2[C@H](N(C)C)[C@@H](O)[C@H](O[C@H]3[C@@H](CC=O)C[C@@H](C)[C@@H](O)CN(C)CCC[C@H](CCCc4ccnc5ccccc45)OC(=O)C[C@@H](OC(=O)CC)[C@@H]3OC)O[C@@H]2C)C[C@@]1(C)O. The average Bonchev–Trinajstić information content (AvgIpc) is 3.29. The van der Waals surface area contributed by atoms with Gasteiger partial charge in [-0.1, -0.05) is 32.0 Å². The van der Waals surface area contributed by atoms with Crippen LogP contribution >= 0.6 is 0 Å². The molecule has 0 spiro atoms. The summed E-state index contributed by atoms with van der Waals surface area (Å²) in [6, 6.07) is 9.18. The third kappa shape index (κ3) is 15.2.